The van der Waals surface area contributed by atoms with Gasteiger partial charge in [-0.05, 0) is 23.5 Å². The molecule has 1 heteroatoms. The molecule has 0 unspecified atom stereocenters. The Balaban J connectivity index is 3.19. The van der Waals surface area contributed by atoms with Crippen LogP contribution in [-0.2, 0) is 5.41 Å². The first-order valence-corrected chi connectivity index (χ1v) is 4.74. The Bertz CT molecular complexity index is 282. The topological polar surface area (TPSA) is 0 Å². The Hall–Kier alpha value is -0.563. The van der Waals surface area contributed by atoms with E-state index in [2.05, 4.69) is 56.1 Å². The molecule has 63 valence electrons. The molecule has 0 heterocycles. The molecule has 12 heavy (non-hydrogen) atoms. The largest absolute Gasteiger partial charge is 0.0711 e. The Morgan fingerprint density at radius 2 is 1.75 bits per heavy atom. The molecule has 1 aromatic rings. The van der Waals surface area contributed by atoms with Crippen LogP contribution in [0.25, 0.3) is 0 Å². The average Bonchev–Trinajstić information content (AvgIpc) is 1.83. The Kier molecular flexibility index (Phi) is 2.43. The van der Waals surface area contributed by atoms with E-state index < -0.39 is 0 Å². The van der Waals surface area contributed by atoms with E-state index in [0.29, 0.717) is 0 Å². The molecule has 0 atom stereocenters. The second kappa shape index (κ2) is 3.06. The molecule has 0 spiro atoms. The first-order valence-electron chi connectivity index (χ1n) is 4.24. The van der Waals surface area contributed by atoms with Crippen LogP contribution < -0.4 is 5.19 Å². The van der Waals surface area contributed by atoms with Gasteiger partial charge in [0, 0.05) is 0 Å². The van der Waals surface area contributed by atoms with Gasteiger partial charge in [-0.25, -0.2) is 0 Å². The second-order valence-electron chi connectivity index (χ2n) is 4.28. The van der Waals surface area contributed by atoms with Gasteiger partial charge in [0.15, 0.2) is 0 Å². The van der Waals surface area contributed by atoms with Gasteiger partial charge in [0.25, 0.3) is 0 Å². The molecular weight excluding hydrogens is 160 g/mol. The predicted octanol–water partition coefficient (Wildman–Crippen LogP) is 2.09. The minimum Gasteiger partial charge on any atom is -0.0671 e. The van der Waals surface area contributed by atoms with Crippen LogP contribution in [0.2, 0.25) is 0 Å². The molecule has 0 saturated heterocycles. The third-order valence-corrected chi connectivity index (χ3v) is 2.35. The average molecular weight is 175 g/mol. The molecule has 0 N–H and O–H groups in total. The number of benzene rings is 1. The fourth-order valence-electron chi connectivity index (χ4n) is 1.51. The molecule has 0 aromatic heterocycles. The van der Waals surface area contributed by atoms with Crippen molar-refractivity contribution >= 4 is 15.4 Å². The van der Waals surface area contributed by atoms with Gasteiger partial charge in [0.2, 0.25) is 0 Å². The Labute approximate surface area is 78.4 Å². The lowest BCUT2D eigenvalue weighted by Gasteiger charge is -2.21. The SMILES string of the molecule is Cc1cc([Si])ccc1C(C)(C)C. The summed E-state index contributed by atoms with van der Waals surface area (Å²) in [6, 6.07) is 6.46. The fourth-order valence-corrected chi connectivity index (χ4v) is 1.81. The lowest BCUT2D eigenvalue weighted by Crippen LogP contribution is -2.15. The summed E-state index contributed by atoms with van der Waals surface area (Å²) >= 11 is 0. The molecule has 0 aliphatic rings. The normalized spacial score (nSPS) is 11.8. The molecule has 1 aromatic carbocycles. The molecule has 0 fully saturated rings. The van der Waals surface area contributed by atoms with Crippen LogP contribution in [0.5, 0.6) is 0 Å². The summed E-state index contributed by atoms with van der Waals surface area (Å²) in [4.78, 5) is 0. The minimum absolute atomic E-state index is 0.254. The van der Waals surface area contributed by atoms with Gasteiger partial charge in [-0.2, -0.15) is 0 Å². The molecule has 0 aliphatic carbocycles. The fraction of sp³-hybridized carbons (Fsp3) is 0.455. The van der Waals surface area contributed by atoms with Crippen molar-refractivity contribution in [2.24, 2.45) is 0 Å². The van der Waals surface area contributed by atoms with Gasteiger partial charge in [-0.15, -0.1) is 0 Å². The van der Waals surface area contributed by atoms with Crippen LogP contribution in [-0.4, -0.2) is 10.2 Å². The molecule has 0 aliphatic heterocycles. The van der Waals surface area contributed by atoms with E-state index in [1.807, 2.05) is 0 Å². The van der Waals surface area contributed by atoms with Crippen molar-refractivity contribution in [3.8, 4) is 0 Å². The summed E-state index contributed by atoms with van der Waals surface area (Å²) in [5.74, 6) is 0. The van der Waals surface area contributed by atoms with Crippen LogP contribution in [0.1, 0.15) is 31.9 Å². The smallest absolute Gasteiger partial charge is 0.0671 e. The van der Waals surface area contributed by atoms with Gasteiger partial charge in [0.1, 0.15) is 0 Å². The quantitative estimate of drug-likeness (QED) is 0.530. The Morgan fingerprint density at radius 1 is 1.17 bits per heavy atom. The zero-order valence-electron chi connectivity index (χ0n) is 8.23. The summed E-state index contributed by atoms with van der Waals surface area (Å²) in [6.45, 7) is 8.87. The van der Waals surface area contributed by atoms with E-state index in [0.717, 1.165) is 5.19 Å². The van der Waals surface area contributed by atoms with Gasteiger partial charge < -0.3 is 0 Å². The van der Waals surface area contributed by atoms with Crippen molar-refractivity contribution < 1.29 is 0 Å². The molecule has 0 nitrogen and oxygen atoms in total. The number of rotatable bonds is 0. The highest BCUT2D eigenvalue weighted by atomic mass is 28.1. The molecule has 3 radical (unpaired) electrons. The maximum absolute atomic E-state index is 3.51. The number of hydrogen-bond donors (Lipinski definition) is 0. The summed E-state index contributed by atoms with van der Waals surface area (Å²) < 4.78 is 0. The van der Waals surface area contributed by atoms with Crippen molar-refractivity contribution in [3.63, 3.8) is 0 Å². The molecule has 0 saturated carbocycles. The highest BCUT2D eigenvalue weighted by molar-refractivity contribution is 6.32. The van der Waals surface area contributed by atoms with Crippen molar-refractivity contribution in [2.45, 2.75) is 33.1 Å². The predicted molar refractivity (Wildman–Crippen MR) is 55.3 cm³/mol. The van der Waals surface area contributed by atoms with Crippen molar-refractivity contribution in [1.29, 1.82) is 0 Å². The zero-order chi connectivity index (χ0) is 9.35. The van der Waals surface area contributed by atoms with Crippen LogP contribution >= 0.6 is 0 Å². The third-order valence-electron chi connectivity index (χ3n) is 2.03. The maximum Gasteiger partial charge on any atom is 0.0711 e. The maximum atomic E-state index is 3.51. The van der Waals surface area contributed by atoms with Crippen molar-refractivity contribution in [1.82, 2.24) is 0 Å². The van der Waals surface area contributed by atoms with E-state index in [4.69, 9.17) is 0 Å². The van der Waals surface area contributed by atoms with E-state index in [1.54, 1.807) is 0 Å². The van der Waals surface area contributed by atoms with Crippen LogP contribution in [0.15, 0.2) is 18.2 Å². The monoisotopic (exact) mass is 175 g/mol. The zero-order valence-corrected chi connectivity index (χ0v) is 9.23. The van der Waals surface area contributed by atoms with Crippen LogP contribution in [0, 0.1) is 6.92 Å². The van der Waals surface area contributed by atoms with E-state index in [-0.39, 0.29) is 5.41 Å². The van der Waals surface area contributed by atoms with Crippen molar-refractivity contribution in [3.05, 3.63) is 29.3 Å². The van der Waals surface area contributed by atoms with Crippen LogP contribution in [0.4, 0.5) is 0 Å². The highest BCUT2D eigenvalue weighted by Gasteiger charge is 2.15. The number of hydrogen-bond acceptors (Lipinski definition) is 0. The molecule has 1 rings (SSSR count). The van der Waals surface area contributed by atoms with Crippen molar-refractivity contribution in [2.75, 3.05) is 0 Å². The first kappa shape index (κ1) is 9.52. The lowest BCUT2D eigenvalue weighted by molar-refractivity contribution is 0.586. The third kappa shape index (κ3) is 1.98. The standard InChI is InChI=1S/C11H15Si/c1-8-7-9(12)5-6-10(8)11(2,3)4/h5-7H,1-4H3. The second-order valence-corrected chi connectivity index (χ2v) is 4.86. The first-order chi connectivity index (χ1) is 5.41. The van der Waals surface area contributed by atoms with E-state index >= 15 is 0 Å². The highest BCUT2D eigenvalue weighted by Crippen LogP contribution is 2.24. The van der Waals surface area contributed by atoms with Gasteiger partial charge in [0.05, 0.1) is 10.2 Å². The summed E-state index contributed by atoms with van der Waals surface area (Å²) in [7, 11) is 3.51. The van der Waals surface area contributed by atoms with E-state index in [9.17, 15) is 0 Å². The Morgan fingerprint density at radius 3 is 2.17 bits per heavy atom. The lowest BCUT2D eigenvalue weighted by atomic mass is 9.84. The molecular formula is C11H15Si. The van der Waals surface area contributed by atoms with Gasteiger partial charge >= 0.3 is 0 Å². The molecule has 0 amide bonds. The summed E-state index contributed by atoms with van der Waals surface area (Å²) in [6.07, 6.45) is 0. The number of aryl methyl sites for hydroxylation is 1. The van der Waals surface area contributed by atoms with Gasteiger partial charge in [-0.1, -0.05) is 44.2 Å². The molecule has 0 bridgehead atoms. The van der Waals surface area contributed by atoms with Crippen LogP contribution in [0.3, 0.4) is 0 Å². The summed E-state index contributed by atoms with van der Waals surface area (Å²) in [5.41, 5.74) is 3.03. The van der Waals surface area contributed by atoms with Gasteiger partial charge in [-0.3, -0.25) is 0 Å². The minimum atomic E-state index is 0.254. The summed E-state index contributed by atoms with van der Waals surface area (Å²) in [5, 5.41) is 1.15. The van der Waals surface area contributed by atoms with E-state index in [1.165, 1.54) is 11.1 Å².